The molecular weight excluding hydrogens is 481 g/mol. The van der Waals surface area contributed by atoms with Gasteiger partial charge in [-0.1, -0.05) is 18.2 Å². The molecule has 1 aliphatic rings. The Bertz CT molecular complexity index is 1350. The van der Waals surface area contributed by atoms with E-state index >= 15 is 0 Å². The number of rotatable bonds is 7. The smallest absolute Gasteiger partial charge is 0.416 e. The highest BCUT2D eigenvalue weighted by atomic mass is 19.4. The number of hydrogen-bond acceptors (Lipinski definition) is 6. The summed E-state index contributed by atoms with van der Waals surface area (Å²) in [5, 5.41) is 4.15. The van der Waals surface area contributed by atoms with E-state index < -0.39 is 11.7 Å². The van der Waals surface area contributed by atoms with E-state index in [1.807, 2.05) is 24.3 Å². The minimum Gasteiger partial charge on any atom is -0.463 e. The van der Waals surface area contributed by atoms with Crippen molar-refractivity contribution in [1.29, 1.82) is 0 Å². The van der Waals surface area contributed by atoms with E-state index in [9.17, 15) is 13.2 Å². The van der Waals surface area contributed by atoms with Crippen molar-refractivity contribution in [3.05, 3.63) is 78.4 Å². The highest BCUT2D eigenvalue weighted by Gasteiger charge is 2.30. The molecule has 3 aromatic carbocycles. The molecule has 1 saturated heterocycles. The van der Waals surface area contributed by atoms with Crippen LogP contribution in [-0.4, -0.2) is 41.6 Å². The van der Waals surface area contributed by atoms with Crippen molar-refractivity contribution in [3.63, 3.8) is 0 Å². The molecule has 1 aliphatic heterocycles. The first-order chi connectivity index (χ1) is 17.8. The van der Waals surface area contributed by atoms with Crippen molar-refractivity contribution >= 4 is 22.4 Å². The fraction of sp³-hybridized carbons (Fsp3) is 0.286. The highest BCUT2D eigenvalue weighted by molar-refractivity contribution is 5.91. The molecule has 1 fully saturated rings. The first-order valence-electron chi connectivity index (χ1n) is 12.1. The molecule has 192 valence electrons. The zero-order valence-electron chi connectivity index (χ0n) is 20.3. The van der Waals surface area contributed by atoms with Crippen LogP contribution in [0.25, 0.3) is 10.9 Å². The summed E-state index contributed by atoms with van der Waals surface area (Å²) < 4.78 is 50.6. The van der Waals surface area contributed by atoms with Crippen LogP contribution < -0.4 is 14.8 Å². The molecule has 0 saturated carbocycles. The van der Waals surface area contributed by atoms with Crippen molar-refractivity contribution in [2.75, 3.05) is 32.1 Å². The summed E-state index contributed by atoms with van der Waals surface area (Å²) in [4.78, 5) is 11.5. The van der Waals surface area contributed by atoms with Crippen LogP contribution >= 0.6 is 0 Å². The summed E-state index contributed by atoms with van der Waals surface area (Å²) >= 11 is 0. The molecule has 0 spiro atoms. The Morgan fingerprint density at radius 1 is 0.919 bits per heavy atom. The Kier molecular flexibility index (Phi) is 7.14. The Labute approximate surface area is 213 Å². The van der Waals surface area contributed by atoms with Gasteiger partial charge < -0.3 is 19.7 Å². The zero-order chi connectivity index (χ0) is 25.8. The predicted molar refractivity (Wildman–Crippen MR) is 136 cm³/mol. The number of fused-ring (bicyclic) bond motifs is 1. The molecule has 0 amide bonds. The highest BCUT2D eigenvalue weighted by Crippen LogP contribution is 2.33. The largest absolute Gasteiger partial charge is 0.463 e. The van der Waals surface area contributed by atoms with E-state index in [1.165, 1.54) is 12.1 Å². The molecule has 9 heteroatoms. The number of nitrogens with zero attached hydrogens (tertiary/aromatic N) is 3. The summed E-state index contributed by atoms with van der Waals surface area (Å²) in [6, 6.07) is 19.7. The maximum absolute atomic E-state index is 13.0. The number of likely N-dealkylation sites (tertiary alicyclic amines) is 1. The number of hydrogen-bond donors (Lipinski definition) is 1. The van der Waals surface area contributed by atoms with Gasteiger partial charge in [-0.2, -0.15) is 23.1 Å². The molecule has 5 rings (SSSR count). The van der Waals surface area contributed by atoms with Gasteiger partial charge in [0, 0.05) is 11.1 Å². The van der Waals surface area contributed by atoms with Crippen molar-refractivity contribution in [1.82, 2.24) is 14.9 Å². The molecule has 2 heterocycles. The van der Waals surface area contributed by atoms with Crippen molar-refractivity contribution < 1.29 is 22.6 Å². The fourth-order valence-corrected chi connectivity index (χ4v) is 4.25. The van der Waals surface area contributed by atoms with E-state index in [-0.39, 0.29) is 5.75 Å². The molecule has 0 bridgehead atoms. The van der Waals surface area contributed by atoms with Gasteiger partial charge in [-0.25, -0.2) is 0 Å². The van der Waals surface area contributed by atoms with Gasteiger partial charge in [0.1, 0.15) is 17.3 Å². The lowest BCUT2D eigenvalue weighted by Gasteiger charge is -2.28. The van der Waals surface area contributed by atoms with Crippen LogP contribution in [0.5, 0.6) is 17.5 Å². The summed E-state index contributed by atoms with van der Waals surface area (Å²) in [6.07, 6.45) is -2.25. The molecule has 1 aromatic heterocycles. The third kappa shape index (κ3) is 6.29. The van der Waals surface area contributed by atoms with Gasteiger partial charge in [-0.15, -0.1) is 0 Å². The van der Waals surface area contributed by atoms with Crippen LogP contribution in [0, 0.1) is 5.92 Å². The van der Waals surface area contributed by atoms with Gasteiger partial charge in [-0.3, -0.25) is 0 Å². The summed E-state index contributed by atoms with van der Waals surface area (Å²) in [6.45, 7) is 2.70. The predicted octanol–water partition coefficient (Wildman–Crippen LogP) is 6.91. The molecule has 1 N–H and O–H groups in total. The minimum atomic E-state index is -4.43. The lowest BCUT2D eigenvalue weighted by molar-refractivity contribution is -0.137. The number of benzene rings is 3. The van der Waals surface area contributed by atoms with Crippen LogP contribution in [0.2, 0.25) is 0 Å². The second kappa shape index (κ2) is 10.6. The number of anilines is 2. The fourth-order valence-electron chi connectivity index (χ4n) is 4.25. The Morgan fingerprint density at radius 3 is 2.43 bits per heavy atom. The van der Waals surface area contributed by atoms with Crippen LogP contribution in [-0.2, 0) is 6.18 Å². The number of piperidine rings is 1. The number of halogens is 3. The molecule has 0 aliphatic carbocycles. The lowest BCUT2D eigenvalue weighted by Crippen LogP contribution is -2.32. The number of aromatic nitrogens is 2. The first-order valence-corrected chi connectivity index (χ1v) is 12.1. The van der Waals surface area contributed by atoms with E-state index in [0.29, 0.717) is 30.1 Å². The van der Waals surface area contributed by atoms with Crippen molar-refractivity contribution in [2.24, 2.45) is 5.92 Å². The second-order valence-corrected chi connectivity index (χ2v) is 9.21. The summed E-state index contributed by atoms with van der Waals surface area (Å²) in [5.41, 5.74) is 0.747. The van der Waals surface area contributed by atoms with Crippen molar-refractivity contribution in [3.8, 4) is 17.5 Å². The van der Waals surface area contributed by atoms with Crippen LogP contribution in [0.15, 0.2) is 72.8 Å². The SMILES string of the molecule is CN1CCC(COc2nc(Nc3ccc(Oc4cccc(C(F)(F)F)c4)cc3)c3ccccc3n2)CC1. The van der Waals surface area contributed by atoms with E-state index in [2.05, 4.69) is 27.2 Å². The average Bonchev–Trinajstić information content (AvgIpc) is 2.89. The van der Waals surface area contributed by atoms with Crippen LogP contribution in [0.3, 0.4) is 0 Å². The Hall–Kier alpha value is -3.85. The standard InChI is InChI=1S/C28H27F3N4O2/c1-35-15-13-19(14-16-35)18-36-27-33-25-8-3-2-7-24(25)26(34-27)32-21-9-11-22(12-10-21)37-23-6-4-5-20(17-23)28(29,30)31/h2-12,17,19H,13-16,18H2,1H3,(H,32,33,34). The van der Waals surface area contributed by atoms with Gasteiger partial charge in [-0.05, 0) is 93.5 Å². The van der Waals surface area contributed by atoms with E-state index in [4.69, 9.17) is 9.47 Å². The monoisotopic (exact) mass is 508 g/mol. The average molecular weight is 509 g/mol. The molecular formula is C28H27F3N4O2. The van der Waals surface area contributed by atoms with E-state index in [1.54, 1.807) is 24.3 Å². The van der Waals surface area contributed by atoms with Gasteiger partial charge in [0.15, 0.2) is 0 Å². The normalized spacial score (nSPS) is 15.0. The molecule has 0 atom stereocenters. The number of nitrogens with one attached hydrogen (secondary N) is 1. The van der Waals surface area contributed by atoms with Crippen LogP contribution in [0.4, 0.5) is 24.7 Å². The second-order valence-electron chi connectivity index (χ2n) is 9.21. The Balaban J connectivity index is 1.30. The maximum Gasteiger partial charge on any atom is 0.416 e. The van der Waals surface area contributed by atoms with Crippen molar-refractivity contribution in [2.45, 2.75) is 19.0 Å². The van der Waals surface area contributed by atoms with Gasteiger partial charge in [0.2, 0.25) is 0 Å². The number of ether oxygens (including phenoxy) is 2. The number of alkyl halides is 3. The topological polar surface area (TPSA) is 59.5 Å². The van der Waals surface area contributed by atoms with Gasteiger partial charge in [0.25, 0.3) is 0 Å². The van der Waals surface area contributed by atoms with E-state index in [0.717, 1.165) is 54.7 Å². The van der Waals surface area contributed by atoms with Gasteiger partial charge >= 0.3 is 12.2 Å². The molecule has 4 aromatic rings. The third-order valence-electron chi connectivity index (χ3n) is 6.38. The third-order valence-corrected chi connectivity index (χ3v) is 6.38. The molecule has 0 unspecified atom stereocenters. The maximum atomic E-state index is 13.0. The summed E-state index contributed by atoms with van der Waals surface area (Å²) in [7, 11) is 2.13. The number of para-hydroxylation sites is 1. The summed E-state index contributed by atoms with van der Waals surface area (Å²) in [5.74, 6) is 1.62. The molecule has 6 nitrogen and oxygen atoms in total. The van der Waals surface area contributed by atoms with Crippen LogP contribution in [0.1, 0.15) is 18.4 Å². The minimum absolute atomic E-state index is 0.115. The Morgan fingerprint density at radius 2 is 1.68 bits per heavy atom. The lowest BCUT2D eigenvalue weighted by atomic mass is 9.98. The van der Waals surface area contributed by atoms with Gasteiger partial charge in [0.05, 0.1) is 17.7 Å². The first kappa shape index (κ1) is 24.8. The molecule has 0 radical (unpaired) electrons. The molecule has 37 heavy (non-hydrogen) atoms. The quantitative estimate of drug-likeness (QED) is 0.293. The zero-order valence-corrected chi connectivity index (χ0v) is 20.3.